The molecule has 0 aliphatic heterocycles. The van der Waals surface area contributed by atoms with Gasteiger partial charge in [-0.3, -0.25) is 14.4 Å². The molecule has 0 aromatic carbocycles. The van der Waals surface area contributed by atoms with Gasteiger partial charge in [-0.25, -0.2) is 0 Å². The Hall–Kier alpha value is -1.59. The molecule has 0 spiro atoms. The third-order valence-corrected chi connectivity index (χ3v) is 4.07. The van der Waals surface area contributed by atoms with Gasteiger partial charge in [0.25, 0.3) is 0 Å². The Bertz CT molecular complexity index is 408. The van der Waals surface area contributed by atoms with Gasteiger partial charge in [-0.15, -0.1) is 0 Å². The van der Waals surface area contributed by atoms with Crippen LogP contribution in [0.5, 0.6) is 0 Å². The van der Waals surface area contributed by atoms with Gasteiger partial charge in [0.2, 0.25) is 11.8 Å². The molecule has 0 saturated heterocycles. The van der Waals surface area contributed by atoms with Crippen molar-refractivity contribution < 1.29 is 19.5 Å². The molecule has 2 amide bonds. The van der Waals surface area contributed by atoms with Crippen molar-refractivity contribution in [3.8, 4) is 0 Å². The Morgan fingerprint density at radius 2 is 1.90 bits per heavy atom. The first kappa shape index (κ1) is 16.5. The number of hydrogen-bond acceptors (Lipinski definition) is 3. The molecule has 1 aliphatic rings. The standard InChI is InChI=1S/C14H24N2O4/c1-8(2)11(15-9(3)17)12(18)16-10-6-5-7-14(10,4)13(19)20/h8,10-11H,5-7H2,1-4H3,(H,15,17)(H,16,18)(H,19,20). The predicted molar refractivity (Wildman–Crippen MR) is 74.0 cm³/mol. The molecule has 1 rings (SSSR count). The number of aliphatic carboxylic acids is 1. The van der Waals surface area contributed by atoms with Gasteiger partial charge in [-0.2, -0.15) is 0 Å². The van der Waals surface area contributed by atoms with Gasteiger partial charge in [0.15, 0.2) is 0 Å². The highest BCUT2D eigenvalue weighted by Gasteiger charge is 2.46. The van der Waals surface area contributed by atoms with E-state index in [2.05, 4.69) is 10.6 Å². The summed E-state index contributed by atoms with van der Waals surface area (Å²) < 4.78 is 0. The van der Waals surface area contributed by atoms with Crippen molar-refractivity contribution in [1.82, 2.24) is 10.6 Å². The largest absolute Gasteiger partial charge is 0.481 e. The Kier molecular flexibility index (Phi) is 5.14. The van der Waals surface area contributed by atoms with E-state index in [0.29, 0.717) is 12.8 Å². The first-order valence-corrected chi connectivity index (χ1v) is 6.99. The Morgan fingerprint density at radius 1 is 1.30 bits per heavy atom. The van der Waals surface area contributed by atoms with Crippen LogP contribution in [0.15, 0.2) is 0 Å². The first-order chi connectivity index (χ1) is 9.18. The number of hydrogen-bond donors (Lipinski definition) is 3. The molecule has 0 aromatic rings. The third-order valence-electron chi connectivity index (χ3n) is 4.07. The predicted octanol–water partition coefficient (Wildman–Crippen LogP) is 0.907. The average molecular weight is 284 g/mol. The molecule has 20 heavy (non-hydrogen) atoms. The fraction of sp³-hybridized carbons (Fsp3) is 0.786. The van der Waals surface area contributed by atoms with E-state index in [4.69, 9.17) is 0 Å². The van der Waals surface area contributed by atoms with Crippen LogP contribution in [-0.4, -0.2) is 35.0 Å². The fourth-order valence-corrected chi connectivity index (χ4v) is 2.67. The molecule has 1 saturated carbocycles. The number of carboxylic acids is 1. The van der Waals surface area contributed by atoms with Crippen molar-refractivity contribution in [3.05, 3.63) is 0 Å². The van der Waals surface area contributed by atoms with E-state index in [1.807, 2.05) is 13.8 Å². The van der Waals surface area contributed by atoms with Gasteiger partial charge in [-0.05, 0) is 25.7 Å². The summed E-state index contributed by atoms with van der Waals surface area (Å²) >= 11 is 0. The van der Waals surface area contributed by atoms with Crippen molar-refractivity contribution in [3.63, 3.8) is 0 Å². The monoisotopic (exact) mass is 284 g/mol. The van der Waals surface area contributed by atoms with Crippen LogP contribution in [0, 0.1) is 11.3 Å². The molecule has 6 heteroatoms. The minimum Gasteiger partial charge on any atom is -0.481 e. The molecule has 0 heterocycles. The zero-order chi connectivity index (χ0) is 15.5. The second-order valence-corrected chi connectivity index (χ2v) is 6.10. The van der Waals surface area contributed by atoms with Crippen LogP contribution < -0.4 is 10.6 Å². The van der Waals surface area contributed by atoms with E-state index in [1.165, 1.54) is 6.92 Å². The molecular formula is C14H24N2O4. The van der Waals surface area contributed by atoms with Gasteiger partial charge in [0.1, 0.15) is 6.04 Å². The first-order valence-electron chi connectivity index (χ1n) is 6.99. The highest BCUT2D eigenvalue weighted by atomic mass is 16.4. The maximum atomic E-state index is 12.3. The van der Waals surface area contributed by atoms with Gasteiger partial charge in [0.05, 0.1) is 5.41 Å². The molecule has 0 bridgehead atoms. The summed E-state index contributed by atoms with van der Waals surface area (Å²) in [5.41, 5.74) is -0.923. The van der Waals surface area contributed by atoms with Crippen molar-refractivity contribution >= 4 is 17.8 Å². The molecule has 1 fully saturated rings. The van der Waals surface area contributed by atoms with Crippen LogP contribution in [0.1, 0.15) is 47.0 Å². The van der Waals surface area contributed by atoms with Gasteiger partial charge >= 0.3 is 5.97 Å². The number of nitrogens with one attached hydrogen (secondary N) is 2. The summed E-state index contributed by atoms with van der Waals surface area (Å²) in [5.74, 6) is -1.53. The number of carboxylic acid groups (broad SMARTS) is 1. The quantitative estimate of drug-likeness (QED) is 0.699. The third kappa shape index (κ3) is 3.49. The van der Waals surface area contributed by atoms with E-state index < -0.39 is 17.4 Å². The van der Waals surface area contributed by atoms with Crippen LogP contribution in [0.4, 0.5) is 0 Å². The lowest BCUT2D eigenvalue weighted by molar-refractivity contribution is -0.149. The summed E-state index contributed by atoms with van der Waals surface area (Å²) in [5, 5.41) is 14.7. The molecule has 0 radical (unpaired) electrons. The van der Waals surface area contributed by atoms with Crippen LogP contribution in [0.2, 0.25) is 0 Å². The van der Waals surface area contributed by atoms with Crippen LogP contribution in [0.3, 0.4) is 0 Å². The summed E-state index contributed by atoms with van der Waals surface area (Å²) in [4.78, 5) is 34.8. The number of rotatable bonds is 5. The van der Waals surface area contributed by atoms with Crippen LogP contribution in [-0.2, 0) is 14.4 Å². The van der Waals surface area contributed by atoms with Gasteiger partial charge in [-0.1, -0.05) is 20.3 Å². The Labute approximate surface area is 119 Å². The average Bonchev–Trinajstić information content (AvgIpc) is 2.68. The van der Waals surface area contributed by atoms with Crippen LogP contribution >= 0.6 is 0 Å². The number of carbonyl (C=O) groups is 3. The fourth-order valence-electron chi connectivity index (χ4n) is 2.67. The van der Waals surface area contributed by atoms with E-state index >= 15 is 0 Å². The Balaban J connectivity index is 2.78. The SMILES string of the molecule is CC(=O)NC(C(=O)NC1CCCC1(C)C(=O)O)C(C)C. The van der Waals surface area contributed by atoms with E-state index in [0.717, 1.165) is 6.42 Å². The summed E-state index contributed by atoms with van der Waals surface area (Å²) in [7, 11) is 0. The zero-order valence-electron chi connectivity index (χ0n) is 12.5. The molecule has 1 aliphatic carbocycles. The minimum atomic E-state index is -0.923. The lowest BCUT2D eigenvalue weighted by Gasteiger charge is -2.30. The molecule has 114 valence electrons. The molecule has 0 aromatic heterocycles. The normalized spacial score (nSPS) is 27.1. The van der Waals surface area contributed by atoms with Gasteiger partial charge < -0.3 is 15.7 Å². The lowest BCUT2D eigenvalue weighted by atomic mass is 9.84. The summed E-state index contributed by atoms with van der Waals surface area (Å²) in [6.45, 7) is 6.70. The second-order valence-electron chi connectivity index (χ2n) is 6.10. The van der Waals surface area contributed by atoms with Gasteiger partial charge in [0, 0.05) is 13.0 Å². The van der Waals surface area contributed by atoms with Crippen molar-refractivity contribution in [2.24, 2.45) is 11.3 Å². The molecule has 3 N–H and O–H groups in total. The zero-order valence-corrected chi connectivity index (χ0v) is 12.5. The molecular weight excluding hydrogens is 260 g/mol. The van der Waals surface area contributed by atoms with Crippen molar-refractivity contribution in [2.75, 3.05) is 0 Å². The van der Waals surface area contributed by atoms with E-state index in [9.17, 15) is 19.5 Å². The number of carbonyl (C=O) groups excluding carboxylic acids is 2. The van der Waals surface area contributed by atoms with E-state index in [1.54, 1.807) is 6.92 Å². The number of amides is 2. The molecule has 3 unspecified atom stereocenters. The van der Waals surface area contributed by atoms with Crippen molar-refractivity contribution in [1.29, 1.82) is 0 Å². The second kappa shape index (κ2) is 6.24. The summed E-state index contributed by atoms with van der Waals surface area (Å²) in [6, 6.07) is -1.02. The highest BCUT2D eigenvalue weighted by molar-refractivity contribution is 5.88. The van der Waals surface area contributed by atoms with Crippen LogP contribution in [0.25, 0.3) is 0 Å². The molecule has 3 atom stereocenters. The molecule has 6 nitrogen and oxygen atoms in total. The Morgan fingerprint density at radius 3 is 2.35 bits per heavy atom. The maximum Gasteiger partial charge on any atom is 0.311 e. The topological polar surface area (TPSA) is 95.5 Å². The summed E-state index contributed by atoms with van der Waals surface area (Å²) in [6.07, 6.45) is 1.99. The smallest absolute Gasteiger partial charge is 0.311 e. The van der Waals surface area contributed by atoms with Crippen molar-refractivity contribution in [2.45, 2.75) is 59.0 Å². The van der Waals surface area contributed by atoms with E-state index in [-0.39, 0.29) is 23.8 Å². The highest BCUT2D eigenvalue weighted by Crippen LogP contribution is 2.38. The lowest BCUT2D eigenvalue weighted by Crippen LogP contribution is -2.55. The maximum absolute atomic E-state index is 12.3. The minimum absolute atomic E-state index is 0.0589.